The largest absolute Gasteiger partial charge is 0.508 e. The van der Waals surface area contributed by atoms with Gasteiger partial charge in [0.2, 0.25) is 0 Å². The van der Waals surface area contributed by atoms with Crippen molar-refractivity contribution in [1.82, 2.24) is 0 Å². The van der Waals surface area contributed by atoms with Gasteiger partial charge in [-0.25, -0.2) is 4.39 Å². The zero-order chi connectivity index (χ0) is 14.5. The number of hydrogen-bond donors (Lipinski definition) is 2. The average Bonchev–Trinajstić information content (AvgIpc) is 2.44. The number of hydrogen-bond acceptors (Lipinski definition) is 4. The van der Waals surface area contributed by atoms with Gasteiger partial charge in [0, 0.05) is 11.6 Å². The molecule has 0 unspecified atom stereocenters. The third kappa shape index (κ3) is 3.26. The van der Waals surface area contributed by atoms with Crippen LogP contribution in [0.2, 0.25) is 0 Å². The molecule has 0 fully saturated rings. The molecule has 0 aliphatic heterocycles. The summed E-state index contributed by atoms with van der Waals surface area (Å²) in [6, 6.07) is 10.6. The van der Waals surface area contributed by atoms with Crippen LogP contribution in [0.1, 0.15) is 18.1 Å². The van der Waals surface area contributed by atoms with Gasteiger partial charge in [0.25, 0.3) is 0 Å². The SMILES string of the molecule is C/C(=N/O)c1ccc(F)cc1OCc1cccc(O)c1. The van der Waals surface area contributed by atoms with Gasteiger partial charge in [0.1, 0.15) is 23.9 Å². The minimum Gasteiger partial charge on any atom is -0.508 e. The van der Waals surface area contributed by atoms with Gasteiger partial charge in [0.05, 0.1) is 5.71 Å². The monoisotopic (exact) mass is 275 g/mol. The second-order valence-corrected chi connectivity index (χ2v) is 4.28. The normalized spacial score (nSPS) is 11.4. The fraction of sp³-hybridized carbons (Fsp3) is 0.133. The standard InChI is InChI=1S/C15H14FNO3/c1-10(17-19)14-6-5-12(16)8-15(14)20-9-11-3-2-4-13(18)7-11/h2-8,18-19H,9H2,1H3/b17-10-. The van der Waals surface area contributed by atoms with Crippen molar-refractivity contribution in [2.24, 2.45) is 5.16 Å². The Labute approximate surface area is 115 Å². The van der Waals surface area contributed by atoms with Crippen LogP contribution in [0.4, 0.5) is 4.39 Å². The molecule has 0 radical (unpaired) electrons. The molecule has 0 heterocycles. The minimum atomic E-state index is -0.439. The Morgan fingerprint density at radius 3 is 2.75 bits per heavy atom. The molecule has 0 bridgehead atoms. The summed E-state index contributed by atoms with van der Waals surface area (Å²) in [5, 5.41) is 21.3. The number of rotatable bonds is 4. The molecule has 0 spiro atoms. The molecule has 20 heavy (non-hydrogen) atoms. The molecule has 0 saturated carbocycles. The van der Waals surface area contributed by atoms with Gasteiger partial charge in [-0.15, -0.1) is 0 Å². The zero-order valence-corrected chi connectivity index (χ0v) is 10.9. The first kappa shape index (κ1) is 13.9. The van der Waals surface area contributed by atoms with Crippen LogP contribution in [-0.2, 0) is 6.61 Å². The number of aromatic hydroxyl groups is 1. The Kier molecular flexibility index (Phi) is 4.20. The van der Waals surface area contributed by atoms with Gasteiger partial charge in [-0.2, -0.15) is 0 Å². The van der Waals surface area contributed by atoms with Gasteiger partial charge in [-0.1, -0.05) is 17.3 Å². The summed E-state index contributed by atoms with van der Waals surface area (Å²) < 4.78 is 18.8. The number of nitrogens with zero attached hydrogens (tertiary/aromatic N) is 1. The summed E-state index contributed by atoms with van der Waals surface area (Å²) in [6.45, 7) is 1.76. The summed E-state index contributed by atoms with van der Waals surface area (Å²) in [5.74, 6) is -0.0206. The van der Waals surface area contributed by atoms with Gasteiger partial charge >= 0.3 is 0 Å². The Morgan fingerprint density at radius 1 is 1.25 bits per heavy atom. The maximum atomic E-state index is 13.3. The molecule has 0 aliphatic rings. The molecule has 0 aliphatic carbocycles. The molecule has 0 saturated heterocycles. The highest BCUT2D eigenvalue weighted by Crippen LogP contribution is 2.22. The van der Waals surface area contributed by atoms with Crippen LogP contribution in [0.3, 0.4) is 0 Å². The van der Waals surface area contributed by atoms with E-state index in [1.165, 1.54) is 18.2 Å². The molecule has 2 rings (SSSR count). The third-order valence-corrected chi connectivity index (χ3v) is 2.79. The Morgan fingerprint density at radius 2 is 2.05 bits per heavy atom. The van der Waals surface area contributed by atoms with E-state index in [4.69, 9.17) is 9.94 Å². The minimum absolute atomic E-state index is 0.138. The van der Waals surface area contributed by atoms with Crippen LogP contribution in [0, 0.1) is 5.82 Å². The van der Waals surface area contributed by atoms with E-state index < -0.39 is 5.82 Å². The summed E-state index contributed by atoms with van der Waals surface area (Å²) in [7, 11) is 0. The Hall–Kier alpha value is -2.56. The second kappa shape index (κ2) is 6.06. The maximum Gasteiger partial charge on any atom is 0.131 e. The van der Waals surface area contributed by atoms with Crippen LogP contribution >= 0.6 is 0 Å². The van der Waals surface area contributed by atoms with Crippen molar-refractivity contribution in [2.75, 3.05) is 0 Å². The summed E-state index contributed by atoms with van der Waals surface area (Å²) in [5.41, 5.74) is 1.59. The smallest absolute Gasteiger partial charge is 0.131 e. The fourth-order valence-corrected chi connectivity index (χ4v) is 1.78. The van der Waals surface area contributed by atoms with E-state index in [0.29, 0.717) is 11.3 Å². The lowest BCUT2D eigenvalue weighted by atomic mass is 10.1. The zero-order valence-electron chi connectivity index (χ0n) is 10.9. The lowest BCUT2D eigenvalue weighted by Crippen LogP contribution is -2.03. The molecule has 5 heteroatoms. The molecule has 4 nitrogen and oxygen atoms in total. The predicted octanol–water partition coefficient (Wildman–Crippen LogP) is 3.31. The van der Waals surface area contributed by atoms with E-state index in [9.17, 15) is 9.50 Å². The molecule has 0 atom stereocenters. The van der Waals surface area contributed by atoms with Gasteiger partial charge in [0.15, 0.2) is 0 Å². The van der Waals surface area contributed by atoms with Crippen molar-refractivity contribution in [3.05, 3.63) is 59.4 Å². The van der Waals surface area contributed by atoms with E-state index in [1.807, 2.05) is 0 Å². The molecule has 104 valence electrons. The number of oxime groups is 1. The van der Waals surface area contributed by atoms with Crippen LogP contribution in [0.15, 0.2) is 47.6 Å². The van der Waals surface area contributed by atoms with E-state index in [1.54, 1.807) is 31.2 Å². The Bertz CT molecular complexity index is 641. The topological polar surface area (TPSA) is 62.1 Å². The van der Waals surface area contributed by atoms with Gasteiger partial charge in [-0.05, 0) is 36.8 Å². The van der Waals surface area contributed by atoms with Crippen LogP contribution in [0.5, 0.6) is 11.5 Å². The number of phenols is 1. The van der Waals surface area contributed by atoms with Gasteiger partial charge in [-0.3, -0.25) is 0 Å². The van der Waals surface area contributed by atoms with Crippen molar-refractivity contribution in [3.8, 4) is 11.5 Å². The second-order valence-electron chi connectivity index (χ2n) is 4.28. The molecular weight excluding hydrogens is 261 g/mol. The summed E-state index contributed by atoms with van der Waals surface area (Å²) in [4.78, 5) is 0. The van der Waals surface area contributed by atoms with E-state index in [2.05, 4.69) is 5.16 Å². The number of halogens is 1. The van der Waals surface area contributed by atoms with E-state index >= 15 is 0 Å². The fourth-order valence-electron chi connectivity index (χ4n) is 1.78. The summed E-state index contributed by atoms with van der Waals surface area (Å²) >= 11 is 0. The highest BCUT2D eigenvalue weighted by Gasteiger charge is 2.09. The van der Waals surface area contributed by atoms with Crippen molar-refractivity contribution < 1.29 is 19.4 Å². The first-order chi connectivity index (χ1) is 9.60. The quantitative estimate of drug-likeness (QED) is 0.511. The van der Waals surface area contributed by atoms with Crippen LogP contribution in [0.25, 0.3) is 0 Å². The van der Waals surface area contributed by atoms with Crippen molar-refractivity contribution >= 4 is 5.71 Å². The van der Waals surface area contributed by atoms with Crippen LogP contribution < -0.4 is 4.74 Å². The lowest BCUT2D eigenvalue weighted by molar-refractivity contribution is 0.301. The third-order valence-electron chi connectivity index (χ3n) is 2.79. The summed E-state index contributed by atoms with van der Waals surface area (Å²) in [6.07, 6.45) is 0. The first-order valence-electron chi connectivity index (χ1n) is 5.99. The van der Waals surface area contributed by atoms with Crippen molar-refractivity contribution in [3.63, 3.8) is 0 Å². The molecular formula is C15H14FNO3. The van der Waals surface area contributed by atoms with Crippen molar-refractivity contribution in [1.29, 1.82) is 0 Å². The van der Waals surface area contributed by atoms with Crippen molar-refractivity contribution in [2.45, 2.75) is 13.5 Å². The van der Waals surface area contributed by atoms with Crippen LogP contribution in [-0.4, -0.2) is 16.0 Å². The maximum absolute atomic E-state index is 13.3. The molecule has 0 amide bonds. The molecule has 2 aromatic carbocycles. The van der Waals surface area contributed by atoms with E-state index in [-0.39, 0.29) is 18.1 Å². The highest BCUT2D eigenvalue weighted by molar-refractivity contribution is 6.00. The molecule has 2 aromatic rings. The predicted molar refractivity (Wildman–Crippen MR) is 72.8 cm³/mol. The number of ether oxygens (including phenoxy) is 1. The first-order valence-corrected chi connectivity index (χ1v) is 5.99. The number of phenolic OH excluding ortho intramolecular Hbond substituents is 1. The highest BCUT2D eigenvalue weighted by atomic mass is 19.1. The number of benzene rings is 2. The average molecular weight is 275 g/mol. The molecule has 0 aromatic heterocycles. The molecule has 2 N–H and O–H groups in total. The lowest BCUT2D eigenvalue weighted by Gasteiger charge is -2.11. The Balaban J connectivity index is 2.22. The van der Waals surface area contributed by atoms with E-state index in [0.717, 1.165) is 5.56 Å². The van der Waals surface area contributed by atoms with Gasteiger partial charge < -0.3 is 15.1 Å².